The third-order valence-electron chi connectivity index (χ3n) is 2.73. The van der Waals surface area contributed by atoms with Gasteiger partial charge >= 0.3 is 0 Å². The molecular formula is C15H11ClI2N2O2. The van der Waals surface area contributed by atoms with Gasteiger partial charge in [-0.25, -0.2) is 5.43 Å². The second kappa shape index (κ2) is 8.11. The number of benzene rings is 2. The van der Waals surface area contributed by atoms with E-state index in [4.69, 9.17) is 11.6 Å². The largest absolute Gasteiger partial charge is 0.506 e. The molecule has 2 N–H and O–H groups in total. The summed E-state index contributed by atoms with van der Waals surface area (Å²) in [7, 11) is 0. The van der Waals surface area contributed by atoms with Crippen molar-refractivity contribution in [3.63, 3.8) is 0 Å². The molecule has 0 heterocycles. The van der Waals surface area contributed by atoms with Crippen molar-refractivity contribution in [2.45, 2.75) is 6.42 Å². The first-order valence-corrected chi connectivity index (χ1v) is 8.73. The van der Waals surface area contributed by atoms with Gasteiger partial charge in [-0.05, 0) is 75.0 Å². The lowest BCUT2D eigenvalue weighted by atomic mass is 10.1. The van der Waals surface area contributed by atoms with Crippen molar-refractivity contribution in [3.05, 3.63) is 59.7 Å². The molecular weight excluding hydrogens is 529 g/mol. The van der Waals surface area contributed by atoms with Gasteiger partial charge in [0.25, 0.3) is 0 Å². The van der Waals surface area contributed by atoms with Crippen LogP contribution in [0.3, 0.4) is 0 Å². The molecule has 22 heavy (non-hydrogen) atoms. The number of hydrogen-bond donors (Lipinski definition) is 2. The van der Waals surface area contributed by atoms with Gasteiger partial charge in [-0.1, -0.05) is 23.7 Å². The van der Waals surface area contributed by atoms with E-state index >= 15 is 0 Å². The Labute approximate surface area is 160 Å². The normalized spacial score (nSPS) is 10.9. The van der Waals surface area contributed by atoms with Crippen LogP contribution in [-0.4, -0.2) is 17.2 Å². The van der Waals surface area contributed by atoms with E-state index in [0.717, 1.165) is 12.7 Å². The monoisotopic (exact) mass is 540 g/mol. The van der Waals surface area contributed by atoms with Crippen molar-refractivity contribution in [2.24, 2.45) is 5.10 Å². The average molecular weight is 541 g/mol. The SMILES string of the molecule is O=C(Cc1ccc(Cl)cc1)N/N=C/c1cc(I)cc(I)c1O. The van der Waals surface area contributed by atoms with Gasteiger partial charge in [0.05, 0.1) is 16.2 Å². The molecule has 0 aromatic heterocycles. The number of hydrazone groups is 1. The summed E-state index contributed by atoms with van der Waals surface area (Å²) in [5.74, 6) is -0.0879. The van der Waals surface area contributed by atoms with E-state index in [1.807, 2.05) is 28.7 Å². The van der Waals surface area contributed by atoms with Gasteiger partial charge in [0.1, 0.15) is 5.75 Å². The summed E-state index contributed by atoms with van der Waals surface area (Å²) in [4.78, 5) is 11.8. The molecule has 0 aliphatic rings. The highest BCUT2D eigenvalue weighted by Gasteiger charge is 2.06. The van der Waals surface area contributed by atoms with Crippen LogP contribution in [0.15, 0.2) is 41.5 Å². The van der Waals surface area contributed by atoms with Gasteiger partial charge < -0.3 is 5.11 Å². The number of halogens is 3. The Balaban J connectivity index is 1.97. The highest BCUT2D eigenvalue weighted by Crippen LogP contribution is 2.25. The molecule has 0 radical (unpaired) electrons. The highest BCUT2D eigenvalue weighted by molar-refractivity contribution is 14.1. The smallest absolute Gasteiger partial charge is 0.244 e. The van der Waals surface area contributed by atoms with Crippen molar-refractivity contribution in [3.8, 4) is 5.75 Å². The Morgan fingerprint density at radius 3 is 2.64 bits per heavy atom. The Kier molecular flexibility index (Phi) is 6.45. The molecule has 2 rings (SSSR count). The molecule has 0 atom stereocenters. The number of nitrogens with one attached hydrogen (secondary N) is 1. The zero-order chi connectivity index (χ0) is 16.1. The zero-order valence-corrected chi connectivity index (χ0v) is 16.3. The highest BCUT2D eigenvalue weighted by atomic mass is 127. The van der Waals surface area contributed by atoms with Gasteiger partial charge in [0, 0.05) is 14.2 Å². The topological polar surface area (TPSA) is 61.7 Å². The molecule has 0 aliphatic heterocycles. The molecule has 2 aromatic carbocycles. The number of amides is 1. The molecule has 1 amide bonds. The lowest BCUT2D eigenvalue weighted by Crippen LogP contribution is -2.19. The number of rotatable bonds is 4. The molecule has 2 aromatic rings. The number of phenolic OH excluding ortho intramolecular Hbond substituents is 1. The summed E-state index contributed by atoms with van der Waals surface area (Å²) >= 11 is 9.99. The van der Waals surface area contributed by atoms with E-state index in [2.05, 4.69) is 33.1 Å². The first kappa shape index (κ1) is 17.5. The summed E-state index contributed by atoms with van der Waals surface area (Å²) in [6, 6.07) is 10.7. The number of carbonyl (C=O) groups excluding carboxylic acids is 1. The molecule has 0 unspecified atom stereocenters. The Bertz CT molecular complexity index is 718. The third kappa shape index (κ3) is 5.10. The minimum atomic E-state index is -0.238. The quantitative estimate of drug-likeness (QED) is 0.351. The molecule has 0 spiro atoms. The lowest BCUT2D eigenvalue weighted by Gasteiger charge is -2.03. The number of carbonyl (C=O) groups is 1. The second-order valence-corrected chi connectivity index (χ2v) is 7.27. The standard InChI is InChI=1S/C15H11ClI2N2O2/c16-11-3-1-9(2-4-11)5-14(21)20-19-8-10-6-12(17)7-13(18)15(10)22/h1-4,6-8,22H,5H2,(H,20,21)/b19-8+. The van der Waals surface area contributed by atoms with Crippen LogP contribution in [0.25, 0.3) is 0 Å². The van der Waals surface area contributed by atoms with E-state index in [-0.39, 0.29) is 18.1 Å². The number of hydrogen-bond acceptors (Lipinski definition) is 3. The molecule has 0 bridgehead atoms. The van der Waals surface area contributed by atoms with E-state index in [1.165, 1.54) is 6.21 Å². The fraction of sp³-hybridized carbons (Fsp3) is 0.0667. The van der Waals surface area contributed by atoms with Crippen molar-refractivity contribution < 1.29 is 9.90 Å². The van der Waals surface area contributed by atoms with Crippen LogP contribution < -0.4 is 5.43 Å². The van der Waals surface area contributed by atoms with E-state index in [9.17, 15) is 9.90 Å². The van der Waals surface area contributed by atoms with Gasteiger partial charge in [-0.2, -0.15) is 5.10 Å². The minimum absolute atomic E-state index is 0.150. The fourth-order valence-corrected chi connectivity index (χ4v) is 3.70. The lowest BCUT2D eigenvalue weighted by molar-refractivity contribution is -0.120. The van der Waals surface area contributed by atoms with Gasteiger partial charge in [0.2, 0.25) is 5.91 Å². The van der Waals surface area contributed by atoms with E-state index in [1.54, 1.807) is 30.3 Å². The Morgan fingerprint density at radius 1 is 1.27 bits per heavy atom. The van der Waals surface area contributed by atoms with Crippen LogP contribution in [0.1, 0.15) is 11.1 Å². The second-order valence-electron chi connectivity index (χ2n) is 4.42. The number of phenols is 1. The van der Waals surface area contributed by atoms with Crippen LogP contribution >= 0.6 is 56.8 Å². The van der Waals surface area contributed by atoms with Crippen LogP contribution in [0.4, 0.5) is 0 Å². The molecule has 0 fully saturated rings. The van der Waals surface area contributed by atoms with Crippen LogP contribution in [0.5, 0.6) is 5.75 Å². The minimum Gasteiger partial charge on any atom is -0.506 e. The summed E-state index contributed by atoms with van der Waals surface area (Å²) in [5, 5.41) is 14.4. The van der Waals surface area contributed by atoms with Gasteiger partial charge in [-0.3, -0.25) is 4.79 Å². The molecule has 0 aliphatic carbocycles. The van der Waals surface area contributed by atoms with Crippen LogP contribution in [0, 0.1) is 7.14 Å². The fourth-order valence-electron chi connectivity index (χ4n) is 1.69. The first-order chi connectivity index (χ1) is 10.5. The van der Waals surface area contributed by atoms with Gasteiger partial charge in [0.15, 0.2) is 0 Å². The maximum absolute atomic E-state index is 11.8. The Morgan fingerprint density at radius 2 is 1.95 bits per heavy atom. The van der Waals surface area contributed by atoms with Crippen molar-refractivity contribution in [1.82, 2.24) is 5.43 Å². The predicted molar refractivity (Wildman–Crippen MR) is 104 cm³/mol. The van der Waals surface area contributed by atoms with E-state index < -0.39 is 0 Å². The number of nitrogens with zero attached hydrogens (tertiary/aromatic N) is 1. The Hall–Kier alpha value is -0.870. The summed E-state index contributed by atoms with van der Waals surface area (Å²) in [6.07, 6.45) is 1.64. The van der Waals surface area contributed by atoms with Crippen molar-refractivity contribution in [2.75, 3.05) is 0 Å². The summed E-state index contributed by atoms with van der Waals surface area (Å²) < 4.78 is 1.71. The van der Waals surface area contributed by atoms with Crippen LogP contribution in [-0.2, 0) is 11.2 Å². The van der Waals surface area contributed by atoms with E-state index in [0.29, 0.717) is 10.6 Å². The van der Waals surface area contributed by atoms with Crippen molar-refractivity contribution in [1.29, 1.82) is 0 Å². The van der Waals surface area contributed by atoms with Crippen LogP contribution in [0.2, 0.25) is 5.02 Å². The molecule has 114 valence electrons. The van der Waals surface area contributed by atoms with Gasteiger partial charge in [-0.15, -0.1) is 0 Å². The maximum atomic E-state index is 11.8. The average Bonchev–Trinajstić information content (AvgIpc) is 2.46. The molecule has 4 nitrogen and oxygen atoms in total. The zero-order valence-electron chi connectivity index (χ0n) is 11.2. The summed E-state index contributed by atoms with van der Waals surface area (Å²) in [5.41, 5.74) is 3.85. The summed E-state index contributed by atoms with van der Waals surface area (Å²) in [6.45, 7) is 0. The maximum Gasteiger partial charge on any atom is 0.244 e. The first-order valence-electron chi connectivity index (χ1n) is 6.20. The predicted octanol–water partition coefficient (Wildman–Crippen LogP) is 3.95. The number of aromatic hydroxyl groups is 1. The van der Waals surface area contributed by atoms with Crippen molar-refractivity contribution >= 4 is 68.9 Å². The molecule has 7 heteroatoms. The molecule has 0 saturated carbocycles. The molecule has 0 saturated heterocycles. The third-order valence-corrected chi connectivity index (χ3v) is 4.43.